The molecule has 2 heteroatoms. The maximum atomic E-state index is 6.77. The van der Waals surface area contributed by atoms with Crippen LogP contribution in [0, 0.1) is 11.8 Å². The molecule has 19 heavy (non-hydrogen) atoms. The molecular weight excluding hydrogens is 250 g/mol. The van der Waals surface area contributed by atoms with Gasteiger partial charge in [-0.05, 0) is 59.9 Å². The van der Waals surface area contributed by atoms with Gasteiger partial charge in [0.2, 0.25) is 0 Å². The van der Waals surface area contributed by atoms with Crippen LogP contribution in [0.4, 0.5) is 0 Å². The highest BCUT2D eigenvalue weighted by molar-refractivity contribution is 7.17. The first-order chi connectivity index (χ1) is 9.10. The lowest BCUT2D eigenvalue weighted by Crippen LogP contribution is -2.41. The summed E-state index contributed by atoms with van der Waals surface area (Å²) < 4.78 is 1.40. The molecule has 0 spiro atoms. The van der Waals surface area contributed by atoms with Crippen LogP contribution in [0.3, 0.4) is 0 Å². The van der Waals surface area contributed by atoms with Crippen LogP contribution in [0.15, 0.2) is 29.6 Å². The summed E-state index contributed by atoms with van der Waals surface area (Å²) in [7, 11) is 0. The lowest BCUT2D eigenvalue weighted by Gasteiger charge is -2.39. The molecule has 2 N–H and O–H groups in total. The quantitative estimate of drug-likeness (QED) is 0.827. The van der Waals surface area contributed by atoms with Gasteiger partial charge in [-0.15, -0.1) is 11.3 Å². The predicted octanol–water partition coefficient (Wildman–Crippen LogP) is 4.90. The zero-order chi connectivity index (χ0) is 13.5. The van der Waals surface area contributed by atoms with Crippen LogP contribution in [0.2, 0.25) is 0 Å². The van der Waals surface area contributed by atoms with Gasteiger partial charge in [0.1, 0.15) is 0 Å². The van der Waals surface area contributed by atoms with E-state index in [0.717, 1.165) is 24.7 Å². The number of benzene rings is 1. The number of nitrogens with two attached hydrogens (primary N) is 1. The molecule has 1 fully saturated rings. The van der Waals surface area contributed by atoms with E-state index in [1.54, 1.807) is 0 Å². The van der Waals surface area contributed by atoms with Gasteiger partial charge >= 0.3 is 0 Å². The number of thiophene rings is 1. The van der Waals surface area contributed by atoms with Gasteiger partial charge in [0.05, 0.1) is 0 Å². The molecule has 0 atom stereocenters. The second-order valence-electron chi connectivity index (χ2n) is 6.38. The zero-order valence-electron chi connectivity index (χ0n) is 11.9. The van der Waals surface area contributed by atoms with Crippen molar-refractivity contribution in [2.75, 3.05) is 0 Å². The molecule has 0 unspecified atom stereocenters. The van der Waals surface area contributed by atoms with Crippen molar-refractivity contribution in [3.8, 4) is 0 Å². The largest absolute Gasteiger partial charge is 0.321 e. The fraction of sp³-hybridized carbons (Fsp3) is 0.529. The van der Waals surface area contributed by atoms with Gasteiger partial charge in [0.15, 0.2) is 0 Å². The average molecular weight is 273 g/mol. The number of hydrogen-bond acceptors (Lipinski definition) is 2. The lowest BCUT2D eigenvalue weighted by atomic mass is 9.70. The second kappa shape index (κ2) is 4.92. The van der Waals surface area contributed by atoms with Gasteiger partial charge in [-0.2, -0.15) is 0 Å². The Labute approximate surface area is 119 Å². The Hall–Kier alpha value is -0.860. The Morgan fingerprint density at radius 2 is 1.95 bits per heavy atom. The second-order valence-corrected chi connectivity index (χ2v) is 7.30. The Balaban J connectivity index is 1.92. The van der Waals surface area contributed by atoms with Gasteiger partial charge in [0, 0.05) is 10.2 Å². The molecule has 2 aromatic rings. The van der Waals surface area contributed by atoms with E-state index < -0.39 is 0 Å². The Morgan fingerprint density at radius 1 is 1.21 bits per heavy atom. The minimum atomic E-state index is -0.101. The van der Waals surface area contributed by atoms with Crippen LogP contribution in [0.5, 0.6) is 0 Å². The molecule has 1 nitrogen and oxygen atoms in total. The summed E-state index contributed by atoms with van der Waals surface area (Å²) in [5.74, 6) is 1.65. The molecule has 102 valence electrons. The summed E-state index contributed by atoms with van der Waals surface area (Å²) in [5.41, 5.74) is 8.05. The zero-order valence-corrected chi connectivity index (χ0v) is 12.7. The van der Waals surface area contributed by atoms with Crippen molar-refractivity contribution in [2.45, 2.75) is 45.1 Å². The van der Waals surface area contributed by atoms with E-state index in [9.17, 15) is 0 Å². The summed E-state index contributed by atoms with van der Waals surface area (Å²) in [5, 5.41) is 3.52. The highest BCUT2D eigenvalue weighted by Gasteiger charge is 2.35. The maximum absolute atomic E-state index is 6.77. The van der Waals surface area contributed by atoms with E-state index in [0.29, 0.717) is 0 Å². The molecule has 1 aromatic heterocycles. The predicted molar refractivity (Wildman–Crippen MR) is 84.5 cm³/mol. The molecule has 1 heterocycles. The SMILES string of the molecule is CC(C)C1CCC(N)(c2cccc3ccsc23)CC1. The first-order valence-electron chi connectivity index (χ1n) is 7.36. The summed E-state index contributed by atoms with van der Waals surface area (Å²) in [6, 6.07) is 8.80. The molecule has 0 amide bonds. The minimum absolute atomic E-state index is 0.101. The summed E-state index contributed by atoms with van der Waals surface area (Å²) in [6.45, 7) is 4.68. The van der Waals surface area contributed by atoms with E-state index in [4.69, 9.17) is 5.73 Å². The highest BCUT2D eigenvalue weighted by Crippen LogP contribution is 2.43. The smallest absolute Gasteiger partial charge is 0.0424 e. The molecule has 0 saturated heterocycles. The molecule has 0 radical (unpaired) electrons. The molecule has 1 aromatic carbocycles. The molecule has 1 aliphatic rings. The summed E-state index contributed by atoms with van der Waals surface area (Å²) in [6.07, 6.45) is 4.81. The molecule has 0 aliphatic heterocycles. The monoisotopic (exact) mass is 273 g/mol. The van der Waals surface area contributed by atoms with E-state index in [1.807, 2.05) is 11.3 Å². The highest BCUT2D eigenvalue weighted by atomic mass is 32.1. The van der Waals surface area contributed by atoms with Crippen molar-refractivity contribution in [1.29, 1.82) is 0 Å². The van der Waals surface area contributed by atoms with Crippen LogP contribution in [-0.4, -0.2) is 0 Å². The van der Waals surface area contributed by atoms with Crippen molar-refractivity contribution in [1.82, 2.24) is 0 Å². The van der Waals surface area contributed by atoms with Crippen LogP contribution < -0.4 is 5.73 Å². The van der Waals surface area contributed by atoms with Gasteiger partial charge in [-0.25, -0.2) is 0 Å². The topological polar surface area (TPSA) is 26.0 Å². The number of rotatable bonds is 2. The standard InChI is InChI=1S/C17H23NS/c1-12(2)13-6-9-17(18,10-7-13)15-5-3-4-14-8-11-19-16(14)15/h3-5,8,11-13H,6-7,9-10,18H2,1-2H3. The van der Waals surface area contributed by atoms with Crippen molar-refractivity contribution in [3.05, 3.63) is 35.2 Å². The van der Waals surface area contributed by atoms with E-state index in [-0.39, 0.29) is 5.54 Å². The van der Waals surface area contributed by atoms with Crippen molar-refractivity contribution >= 4 is 21.4 Å². The van der Waals surface area contributed by atoms with E-state index in [2.05, 4.69) is 43.5 Å². The first kappa shape index (κ1) is 13.1. The Bertz CT molecular complexity index is 561. The first-order valence-corrected chi connectivity index (χ1v) is 8.24. The fourth-order valence-electron chi connectivity index (χ4n) is 3.48. The maximum Gasteiger partial charge on any atom is 0.0424 e. The van der Waals surface area contributed by atoms with Gasteiger partial charge in [-0.1, -0.05) is 32.0 Å². The summed E-state index contributed by atoms with van der Waals surface area (Å²) in [4.78, 5) is 0. The minimum Gasteiger partial charge on any atom is -0.321 e. The average Bonchev–Trinajstić information content (AvgIpc) is 2.87. The van der Waals surface area contributed by atoms with Crippen LogP contribution in [0.25, 0.3) is 10.1 Å². The van der Waals surface area contributed by atoms with Crippen LogP contribution in [-0.2, 0) is 5.54 Å². The number of hydrogen-bond donors (Lipinski definition) is 1. The molecule has 1 aliphatic carbocycles. The number of fused-ring (bicyclic) bond motifs is 1. The molecule has 1 saturated carbocycles. The van der Waals surface area contributed by atoms with E-state index >= 15 is 0 Å². The normalized spacial score (nSPS) is 28.1. The van der Waals surface area contributed by atoms with E-state index in [1.165, 1.54) is 28.5 Å². The third-order valence-corrected chi connectivity index (χ3v) is 5.84. The molecule has 3 rings (SSSR count). The van der Waals surface area contributed by atoms with Crippen LogP contribution >= 0.6 is 11.3 Å². The van der Waals surface area contributed by atoms with Crippen LogP contribution in [0.1, 0.15) is 45.1 Å². The third kappa shape index (κ3) is 2.32. The Morgan fingerprint density at radius 3 is 2.63 bits per heavy atom. The van der Waals surface area contributed by atoms with Crippen molar-refractivity contribution in [3.63, 3.8) is 0 Å². The van der Waals surface area contributed by atoms with Gasteiger partial charge in [-0.3, -0.25) is 0 Å². The molecular formula is C17H23NS. The van der Waals surface area contributed by atoms with Crippen molar-refractivity contribution in [2.24, 2.45) is 17.6 Å². The fourth-order valence-corrected chi connectivity index (χ4v) is 4.50. The van der Waals surface area contributed by atoms with Gasteiger partial charge in [0.25, 0.3) is 0 Å². The lowest BCUT2D eigenvalue weighted by molar-refractivity contribution is 0.197. The third-order valence-electron chi connectivity index (χ3n) is 4.88. The van der Waals surface area contributed by atoms with Crippen molar-refractivity contribution < 1.29 is 0 Å². The summed E-state index contributed by atoms with van der Waals surface area (Å²) >= 11 is 1.83. The molecule has 0 bridgehead atoms. The van der Waals surface area contributed by atoms with Gasteiger partial charge < -0.3 is 5.73 Å². The Kier molecular flexibility index (Phi) is 3.40.